The van der Waals surface area contributed by atoms with Crippen LogP contribution in [0.5, 0.6) is 0 Å². The zero-order valence-electron chi connectivity index (χ0n) is 20.3. The van der Waals surface area contributed by atoms with Crippen LogP contribution in [0, 0.1) is 35.5 Å². The maximum atomic E-state index is 13.3. The Hall–Kier alpha value is -1.43. The van der Waals surface area contributed by atoms with Gasteiger partial charge in [0, 0.05) is 44.4 Å². The van der Waals surface area contributed by atoms with Crippen molar-refractivity contribution in [1.82, 2.24) is 9.80 Å². The molecular formula is C27H42N2O4. The van der Waals surface area contributed by atoms with Crippen LogP contribution in [0.3, 0.4) is 0 Å². The maximum Gasteiger partial charge on any atom is 0.254 e. The summed E-state index contributed by atoms with van der Waals surface area (Å²) >= 11 is 0. The number of hydrogen-bond donors (Lipinski definition) is 1. The van der Waals surface area contributed by atoms with Gasteiger partial charge in [0.2, 0.25) is 5.91 Å². The van der Waals surface area contributed by atoms with Gasteiger partial charge in [-0.2, -0.15) is 0 Å². The molecule has 5 aliphatic rings. The number of hydrogen-bond acceptors (Lipinski definition) is 4. The van der Waals surface area contributed by atoms with Crippen LogP contribution in [0.1, 0.15) is 84.0 Å². The molecule has 33 heavy (non-hydrogen) atoms. The van der Waals surface area contributed by atoms with Gasteiger partial charge in [0.05, 0.1) is 0 Å². The molecule has 5 atom stereocenters. The Morgan fingerprint density at radius 2 is 1.52 bits per heavy atom. The second kappa shape index (κ2) is 9.31. The van der Waals surface area contributed by atoms with Crippen molar-refractivity contribution < 1.29 is 19.5 Å². The van der Waals surface area contributed by atoms with Gasteiger partial charge >= 0.3 is 0 Å². The highest BCUT2D eigenvalue weighted by molar-refractivity contribution is 5.88. The molecular weight excluding hydrogens is 416 g/mol. The first kappa shape index (κ1) is 23.3. The zero-order chi connectivity index (χ0) is 23.2. The average Bonchev–Trinajstić information content (AvgIpc) is 3.75. The van der Waals surface area contributed by atoms with Crippen LogP contribution in [0.4, 0.5) is 0 Å². The summed E-state index contributed by atoms with van der Waals surface area (Å²) in [7, 11) is 0. The van der Waals surface area contributed by atoms with Gasteiger partial charge in [-0.3, -0.25) is 14.4 Å². The van der Waals surface area contributed by atoms with Gasteiger partial charge in [0.15, 0.2) is 0 Å². The van der Waals surface area contributed by atoms with E-state index in [9.17, 15) is 19.5 Å². The molecule has 1 N–H and O–H groups in total. The van der Waals surface area contributed by atoms with E-state index in [1.165, 1.54) is 25.7 Å². The quantitative estimate of drug-likeness (QED) is 0.662. The number of carbonyl (C=O) groups is 3. The lowest BCUT2D eigenvalue weighted by atomic mass is 9.65. The Balaban J connectivity index is 1.09. The molecule has 5 fully saturated rings. The molecule has 184 valence electrons. The van der Waals surface area contributed by atoms with E-state index in [0.717, 1.165) is 44.4 Å². The first-order valence-electron chi connectivity index (χ1n) is 13.7. The molecule has 5 rings (SSSR count). The smallest absolute Gasteiger partial charge is 0.254 e. The molecule has 1 aliphatic heterocycles. The average molecular weight is 459 g/mol. The molecule has 0 bridgehead atoms. The van der Waals surface area contributed by atoms with E-state index in [2.05, 4.69) is 6.92 Å². The predicted octanol–water partition coefficient (Wildman–Crippen LogP) is 3.41. The molecule has 4 saturated carbocycles. The van der Waals surface area contributed by atoms with Gasteiger partial charge in [-0.05, 0) is 75.0 Å². The van der Waals surface area contributed by atoms with Gasteiger partial charge in [0.1, 0.15) is 11.4 Å². The topological polar surface area (TPSA) is 77.9 Å². The molecule has 0 aromatic carbocycles. The second-order valence-electron chi connectivity index (χ2n) is 12.0. The molecule has 0 spiro atoms. The molecule has 6 heteroatoms. The monoisotopic (exact) mass is 458 g/mol. The van der Waals surface area contributed by atoms with E-state index < -0.39 is 5.60 Å². The van der Waals surface area contributed by atoms with Gasteiger partial charge in [-0.15, -0.1) is 0 Å². The highest BCUT2D eigenvalue weighted by Gasteiger charge is 2.50. The number of carbonyl (C=O) groups excluding carboxylic acids is 3. The first-order valence-corrected chi connectivity index (χ1v) is 13.7. The minimum absolute atomic E-state index is 0.104. The number of Topliss-reactive ketones (excluding diaryl/α,β-unsaturated/α-hetero) is 1. The minimum Gasteiger partial charge on any atom is -0.380 e. The van der Waals surface area contributed by atoms with Crippen molar-refractivity contribution in [1.29, 1.82) is 0 Å². The first-order chi connectivity index (χ1) is 15.8. The molecule has 4 aliphatic carbocycles. The summed E-state index contributed by atoms with van der Waals surface area (Å²) in [6, 6.07) is 0. The number of rotatable bonds is 6. The van der Waals surface area contributed by atoms with E-state index in [-0.39, 0.29) is 17.7 Å². The standard InChI is InChI=1S/C27H42N2O4/c1-18-15-22(21-4-2-3-19(16-21)17-24(30)20-5-6-20)7-8-23(18)25(31)28-11-13-29(14-12-28)26(32)27(33)9-10-27/h18-23,33H,2-17H2,1H3. The summed E-state index contributed by atoms with van der Waals surface area (Å²) in [4.78, 5) is 41.7. The van der Waals surface area contributed by atoms with Gasteiger partial charge in [-0.1, -0.05) is 26.2 Å². The Morgan fingerprint density at radius 3 is 2.15 bits per heavy atom. The van der Waals surface area contributed by atoms with Gasteiger partial charge < -0.3 is 14.9 Å². The van der Waals surface area contributed by atoms with Gasteiger partial charge in [0.25, 0.3) is 5.91 Å². The van der Waals surface area contributed by atoms with Crippen LogP contribution < -0.4 is 0 Å². The largest absolute Gasteiger partial charge is 0.380 e. The second-order valence-corrected chi connectivity index (χ2v) is 12.0. The van der Waals surface area contributed by atoms with E-state index >= 15 is 0 Å². The van der Waals surface area contributed by atoms with Crippen molar-refractivity contribution in [2.24, 2.45) is 35.5 Å². The van der Waals surface area contributed by atoms with E-state index in [1.807, 2.05) is 4.90 Å². The highest BCUT2D eigenvalue weighted by atomic mass is 16.3. The third kappa shape index (κ3) is 5.16. The van der Waals surface area contributed by atoms with E-state index in [1.54, 1.807) is 4.90 Å². The SMILES string of the molecule is CC1CC(C2CCCC(CC(=O)C3CC3)C2)CCC1C(=O)N1CCN(C(=O)C2(O)CC2)CC1. The van der Waals surface area contributed by atoms with Crippen molar-refractivity contribution in [3.05, 3.63) is 0 Å². The molecule has 0 aromatic rings. The third-order valence-corrected chi connectivity index (χ3v) is 9.54. The van der Waals surface area contributed by atoms with Crippen LogP contribution in [0.25, 0.3) is 0 Å². The number of aliphatic hydroxyl groups is 1. The normalized spacial score (nSPS) is 36.4. The third-order valence-electron chi connectivity index (χ3n) is 9.54. The number of ketones is 1. The highest BCUT2D eigenvalue weighted by Crippen LogP contribution is 2.45. The number of piperazine rings is 1. The van der Waals surface area contributed by atoms with Crippen LogP contribution in [0.2, 0.25) is 0 Å². The molecule has 0 radical (unpaired) electrons. The Bertz CT molecular complexity index is 766. The molecule has 2 amide bonds. The lowest BCUT2D eigenvalue weighted by Gasteiger charge is -2.43. The van der Waals surface area contributed by atoms with Crippen molar-refractivity contribution >= 4 is 17.6 Å². The van der Waals surface area contributed by atoms with Crippen LogP contribution >= 0.6 is 0 Å². The summed E-state index contributed by atoms with van der Waals surface area (Å²) < 4.78 is 0. The predicted molar refractivity (Wildman–Crippen MR) is 125 cm³/mol. The Labute approximate surface area is 198 Å². The molecule has 6 nitrogen and oxygen atoms in total. The van der Waals surface area contributed by atoms with E-state index in [0.29, 0.717) is 68.5 Å². The fourth-order valence-electron chi connectivity index (χ4n) is 7.03. The molecule has 5 unspecified atom stereocenters. The maximum absolute atomic E-state index is 13.3. The molecule has 1 heterocycles. The summed E-state index contributed by atoms with van der Waals surface area (Å²) in [6.07, 6.45) is 12.5. The van der Waals surface area contributed by atoms with Crippen molar-refractivity contribution in [3.63, 3.8) is 0 Å². The lowest BCUT2D eigenvalue weighted by Crippen LogP contribution is -2.55. The fraction of sp³-hybridized carbons (Fsp3) is 0.889. The number of nitrogens with zero attached hydrogens (tertiary/aromatic N) is 2. The van der Waals surface area contributed by atoms with Crippen molar-refractivity contribution in [2.75, 3.05) is 26.2 Å². The summed E-state index contributed by atoms with van der Waals surface area (Å²) in [6.45, 7) is 4.52. The molecule has 1 saturated heterocycles. The summed E-state index contributed by atoms with van der Waals surface area (Å²) in [5.74, 6) is 3.58. The molecule has 0 aromatic heterocycles. The van der Waals surface area contributed by atoms with E-state index in [4.69, 9.17) is 0 Å². The Kier molecular flexibility index (Phi) is 6.58. The lowest BCUT2D eigenvalue weighted by molar-refractivity contribution is -0.149. The number of amides is 2. The summed E-state index contributed by atoms with van der Waals surface area (Å²) in [5, 5.41) is 10.1. The Morgan fingerprint density at radius 1 is 0.848 bits per heavy atom. The van der Waals surface area contributed by atoms with Crippen molar-refractivity contribution in [2.45, 2.75) is 89.6 Å². The van der Waals surface area contributed by atoms with Crippen LogP contribution in [0.15, 0.2) is 0 Å². The minimum atomic E-state index is -1.11. The summed E-state index contributed by atoms with van der Waals surface area (Å²) in [5.41, 5.74) is -1.11. The van der Waals surface area contributed by atoms with Crippen molar-refractivity contribution in [3.8, 4) is 0 Å². The van der Waals surface area contributed by atoms with Crippen LogP contribution in [-0.2, 0) is 14.4 Å². The van der Waals surface area contributed by atoms with Crippen LogP contribution in [-0.4, -0.2) is 64.3 Å². The fourth-order valence-corrected chi connectivity index (χ4v) is 7.03. The van der Waals surface area contributed by atoms with Gasteiger partial charge in [-0.25, -0.2) is 0 Å². The zero-order valence-corrected chi connectivity index (χ0v) is 20.3.